The maximum absolute atomic E-state index is 12.3. The van der Waals surface area contributed by atoms with E-state index in [0.29, 0.717) is 6.54 Å². The second-order valence-electron chi connectivity index (χ2n) is 6.65. The van der Waals surface area contributed by atoms with E-state index in [1.165, 1.54) is 0 Å². The Kier molecular flexibility index (Phi) is 6.94. The van der Waals surface area contributed by atoms with Crippen molar-refractivity contribution in [1.82, 2.24) is 10.2 Å². The summed E-state index contributed by atoms with van der Waals surface area (Å²) in [6.45, 7) is 3.62. The summed E-state index contributed by atoms with van der Waals surface area (Å²) in [5, 5.41) is 12.9. The Morgan fingerprint density at radius 2 is 1.86 bits per heavy atom. The van der Waals surface area contributed by atoms with Crippen LogP contribution in [0, 0.1) is 11.3 Å². The predicted octanol–water partition coefficient (Wildman–Crippen LogP) is 3.23. The lowest BCUT2D eigenvalue weighted by Crippen LogP contribution is -2.44. The monoisotopic (exact) mass is 394 g/mol. The summed E-state index contributed by atoms with van der Waals surface area (Å²) in [5.74, 6) is -0.323. The maximum Gasteiger partial charge on any atom is 0.263 e. The Morgan fingerprint density at radius 3 is 2.54 bits per heavy atom. The van der Waals surface area contributed by atoms with E-state index >= 15 is 0 Å². The molecule has 1 fully saturated rings. The van der Waals surface area contributed by atoms with Gasteiger partial charge in [0.1, 0.15) is 11.6 Å². The van der Waals surface area contributed by atoms with Gasteiger partial charge in [0.2, 0.25) is 0 Å². The lowest BCUT2D eigenvalue weighted by atomic mass is 10.1. The van der Waals surface area contributed by atoms with Crippen LogP contribution in [0.4, 0.5) is 5.69 Å². The van der Waals surface area contributed by atoms with Crippen molar-refractivity contribution in [2.75, 3.05) is 37.6 Å². The van der Waals surface area contributed by atoms with E-state index in [2.05, 4.69) is 10.2 Å². The van der Waals surface area contributed by atoms with E-state index in [1.807, 2.05) is 65.6 Å². The molecule has 1 aliphatic rings. The summed E-state index contributed by atoms with van der Waals surface area (Å²) in [7, 11) is 0. The first-order chi connectivity index (χ1) is 13.7. The highest BCUT2D eigenvalue weighted by Gasteiger charge is 2.17. The van der Waals surface area contributed by atoms with E-state index in [4.69, 9.17) is 11.6 Å². The van der Waals surface area contributed by atoms with Crippen LogP contribution >= 0.6 is 11.6 Å². The molecule has 2 aromatic rings. The molecule has 0 unspecified atom stereocenters. The van der Waals surface area contributed by atoms with Gasteiger partial charge in [0.15, 0.2) is 0 Å². The molecule has 1 N–H and O–H groups in total. The summed E-state index contributed by atoms with van der Waals surface area (Å²) < 4.78 is 0. The Morgan fingerprint density at radius 1 is 1.11 bits per heavy atom. The molecule has 0 aliphatic carbocycles. The van der Waals surface area contributed by atoms with Gasteiger partial charge in [-0.2, -0.15) is 5.26 Å². The number of nitrogens with one attached hydrogen (secondary N) is 1. The molecular weight excluding hydrogens is 372 g/mol. The number of amides is 1. The zero-order valence-corrected chi connectivity index (χ0v) is 16.4. The van der Waals surface area contributed by atoms with Gasteiger partial charge in [-0.15, -0.1) is 0 Å². The molecule has 2 aromatic carbocycles. The van der Waals surface area contributed by atoms with Gasteiger partial charge >= 0.3 is 0 Å². The quantitative estimate of drug-likeness (QED) is 0.603. The molecule has 1 saturated heterocycles. The Bertz CT molecular complexity index is 868. The minimum atomic E-state index is -0.323. The highest BCUT2D eigenvalue weighted by Crippen LogP contribution is 2.21. The van der Waals surface area contributed by atoms with Gasteiger partial charge < -0.3 is 15.1 Å². The van der Waals surface area contributed by atoms with Crippen molar-refractivity contribution in [3.63, 3.8) is 0 Å². The second-order valence-corrected chi connectivity index (χ2v) is 7.09. The Hall–Kier alpha value is -2.97. The SMILES string of the molecule is N#CC(=CN1CCN(c2cccc(Cl)c2)CC1)C(=O)NCCc1ccccc1. The number of nitriles is 1. The number of nitrogens with zero attached hydrogens (tertiary/aromatic N) is 3. The number of hydrogen-bond acceptors (Lipinski definition) is 4. The molecule has 28 heavy (non-hydrogen) atoms. The van der Waals surface area contributed by atoms with Crippen LogP contribution in [0.2, 0.25) is 5.02 Å². The smallest absolute Gasteiger partial charge is 0.263 e. The largest absolute Gasteiger partial charge is 0.373 e. The van der Waals surface area contributed by atoms with Crippen LogP contribution in [0.3, 0.4) is 0 Å². The van der Waals surface area contributed by atoms with Crippen molar-refractivity contribution in [1.29, 1.82) is 5.26 Å². The van der Waals surface area contributed by atoms with Crippen molar-refractivity contribution in [3.8, 4) is 6.07 Å². The van der Waals surface area contributed by atoms with E-state index in [1.54, 1.807) is 6.20 Å². The zero-order valence-electron chi connectivity index (χ0n) is 15.6. The Labute approximate surface area is 170 Å². The molecule has 0 aromatic heterocycles. The normalized spacial score (nSPS) is 14.5. The summed E-state index contributed by atoms with van der Waals surface area (Å²) in [4.78, 5) is 16.6. The molecule has 1 heterocycles. The number of carbonyl (C=O) groups excluding carboxylic acids is 1. The fourth-order valence-electron chi connectivity index (χ4n) is 3.16. The van der Waals surface area contributed by atoms with Gasteiger partial charge in [-0.25, -0.2) is 0 Å². The average molecular weight is 395 g/mol. The summed E-state index contributed by atoms with van der Waals surface area (Å²) >= 11 is 6.07. The molecule has 0 atom stereocenters. The molecule has 1 aliphatic heterocycles. The molecule has 0 spiro atoms. The maximum atomic E-state index is 12.3. The van der Waals surface area contributed by atoms with Crippen molar-refractivity contribution in [3.05, 3.63) is 77.0 Å². The van der Waals surface area contributed by atoms with Gasteiger partial charge in [0.25, 0.3) is 5.91 Å². The van der Waals surface area contributed by atoms with Gasteiger partial charge in [-0.05, 0) is 30.2 Å². The molecule has 144 valence electrons. The third kappa shape index (κ3) is 5.51. The first-order valence-corrected chi connectivity index (χ1v) is 9.72. The number of hydrogen-bond donors (Lipinski definition) is 1. The summed E-state index contributed by atoms with van der Waals surface area (Å²) in [5.41, 5.74) is 2.39. The van der Waals surface area contributed by atoms with E-state index in [-0.39, 0.29) is 11.5 Å². The van der Waals surface area contributed by atoms with Crippen LogP contribution in [0.5, 0.6) is 0 Å². The van der Waals surface area contributed by atoms with Crippen LogP contribution in [-0.2, 0) is 11.2 Å². The van der Waals surface area contributed by atoms with Crippen molar-refractivity contribution < 1.29 is 4.79 Å². The lowest BCUT2D eigenvalue weighted by Gasteiger charge is -2.35. The second kappa shape index (κ2) is 9.82. The molecule has 5 nitrogen and oxygen atoms in total. The zero-order chi connectivity index (χ0) is 19.8. The van der Waals surface area contributed by atoms with Crippen LogP contribution in [0.25, 0.3) is 0 Å². The lowest BCUT2D eigenvalue weighted by molar-refractivity contribution is -0.117. The van der Waals surface area contributed by atoms with Gasteiger partial charge in [-0.3, -0.25) is 4.79 Å². The minimum Gasteiger partial charge on any atom is -0.373 e. The van der Waals surface area contributed by atoms with E-state index < -0.39 is 0 Å². The fraction of sp³-hybridized carbons (Fsp3) is 0.273. The molecule has 0 radical (unpaired) electrons. The van der Waals surface area contributed by atoms with Crippen molar-refractivity contribution >= 4 is 23.2 Å². The third-order valence-electron chi connectivity index (χ3n) is 4.71. The van der Waals surface area contributed by atoms with Gasteiger partial charge in [0.05, 0.1) is 0 Å². The molecule has 1 amide bonds. The summed E-state index contributed by atoms with van der Waals surface area (Å²) in [6.07, 6.45) is 2.41. The van der Waals surface area contributed by atoms with Gasteiger partial charge in [-0.1, -0.05) is 48.0 Å². The molecule has 3 rings (SSSR count). The van der Waals surface area contributed by atoms with Crippen molar-refractivity contribution in [2.24, 2.45) is 0 Å². The van der Waals surface area contributed by atoms with E-state index in [0.717, 1.165) is 48.9 Å². The predicted molar refractivity (Wildman–Crippen MR) is 112 cm³/mol. The number of carbonyl (C=O) groups is 1. The number of rotatable bonds is 6. The van der Waals surface area contributed by atoms with Crippen LogP contribution < -0.4 is 10.2 Å². The van der Waals surface area contributed by atoms with Gasteiger partial charge in [0, 0.05) is 49.6 Å². The molecular formula is C22H23ClN4O. The molecule has 0 saturated carbocycles. The fourth-order valence-corrected chi connectivity index (χ4v) is 3.35. The topological polar surface area (TPSA) is 59.4 Å². The Balaban J connectivity index is 1.50. The van der Waals surface area contributed by atoms with E-state index in [9.17, 15) is 10.1 Å². The number of halogens is 1. The third-order valence-corrected chi connectivity index (χ3v) is 4.94. The van der Waals surface area contributed by atoms with Crippen LogP contribution in [0.15, 0.2) is 66.4 Å². The number of anilines is 1. The summed E-state index contributed by atoms with van der Waals surface area (Å²) in [6, 6.07) is 19.8. The number of benzene rings is 2. The minimum absolute atomic E-state index is 0.143. The van der Waals surface area contributed by atoms with Crippen LogP contribution in [-0.4, -0.2) is 43.5 Å². The first-order valence-electron chi connectivity index (χ1n) is 9.34. The molecule has 0 bridgehead atoms. The highest BCUT2D eigenvalue weighted by atomic mass is 35.5. The highest BCUT2D eigenvalue weighted by molar-refractivity contribution is 6.30. The average Bonchev–Trinajstić information content (AvgIpc) is 2.73. The van der Waals surface area contributed by atoms with Crippen molar-refractivity contribution in [2.45, 2.75) is 6.42 Å². The first kappa shape index (κ1) is 19.8. The number of piperazine rings is 1. The van der Waals surface area contributed by atoms with Crippen LogP contribution in [0.1, 0.15) is 5.56 Å². The molecule has 6 heteroatoms. The standard InChI is InChI=1S/C22H23ClN4O/c23-20-7-4-8-21(15-20)27-13-11-26(12-14-27)17-19(16-24)22(28)25-10-9-18-5-2-1-3-6-18/h1-8,15,17H,9-14H2,(H,25,28).